The van der Waals surface area contributed by atoms with E-state index in [1.807, 2.05) is 26.0 Å². The fraction of sp³-hybridized carbons (Fsp3) is 0.545. The van der Waals surface area contributed by atoms with Crippen molar-refractivity contribution in [3.63, 3.8) is 0 Å². The Labute approximate surface area is 95.1 Å². The summed E-state index contributed by atoms with van der Waals surface area (Å²) in [5.41, 5.74) is 6.76. The summed E-state index contributed by atoms with van der Waals surface area (Å²) < 4.78 is 0. The first-order chi connectivity index (χ1) is 7.00. The third kappa shape index (κ3) is 3.81. The number of rotatable bonds is 4. The maximum atomic E-state index is 9.36. The molecule has 1 aromatic rings. The maximum Gasteiger partial charge on any atom is 0.0963 e. The molecule has 0 fully saturated rings. The minimum Gasteiger partial charge on any atom is -0.392 e. The number of aliphatic hydroxyl groups is 1. The van der Waals surface area contributed by atoms with Crippen molar-refractivity contribution in [3.05, 3.63) is 23.9 Å². The van der Waals surface area contributed by atoms with Gasteiger partial charge in [-0.15, -0.1) is 11.8 Å². The molecular weight excluding hydrogens is 208 g/mol. The highest BCUT2D eigenvalue weighted by Crippen LogP contribution is 2.23. The number of nitrogens with zero attached hydrogens (tertiary/aromatic N) is 1. The third-order valence-electron chi connectivity index (χ3n) is 2.27. The van der Waals surface area contributed by atoms with Gasteiger partial charge in [0.1, 0.15) is 0 Å². The van der Waals surface area contributed by atoms with Crippen molar-refractivity contribution in [1.29, 1.82) is 0 Å². The van der Waals surface area contributed by atoms with Gasteiger partial charge < -0.3 is 10.8 Å². The number of nitrogens with two attached hydrogens (primary N) is 1. The molecule has 0 aromatic carbocycles. The molecule has 1 rings (SSSR count). The van der Waals surface area contributed by atoms with Crippen LogP contribution in [0.4, 0.5) is 0 Å². The van der Waals surface area contributed by atoms with E-state index in [1.165, 1.54) is 0 Å². The minimum absolute atomic E-state index is 0.0192. The number of aromatic nitrogens is 1. The first kappa shape index (κ1) is 12.5. The van der Waals surface area contributed by atoms with Crippen molar-refractivity contribution in [2.75, 3.05) is 0 Å². The van der Waals surface area contributed by atoms with Gasteiger partial charge in [-0.05, 0) is 25.5 Å². The van der Waals surface area contributed by atoms with E-state index in [0.29, 0.717) is 0 Å². The van der Waals surface area contributed by atoms with Gasteiger partial charge in [-0.1, -0.05) is 13.0 Å². The Morgan fingerprint density at radius 2 is 2.00 bits per heavy atom. The molecule has 0 spiro atoms. The van der Waals surface area contributed by atoms with Crippen LogP contribution in [-0.2, 0) is 0 Å². The summed E-state index contributed by atoms with van der Waals surface area (Å²) in [4.78, 5) is 4.29. The summed E-state index contributed by atoms with van der Waals surface area (Å²) in [5, 5.41) is 10.4. The van der Waals surface area contributed by atoms with Crippen LogP contribution < -0.4 is 5.73 Å². The summed E-state index contributed by atoms with van der Waals surface area (Å²) in [6.07, 6.45) is 1.46. The van der Waals surface area contributed by atoms with E-state index in [-0.39, 0.29) is 17.4 Å². The van der Waals surface area contributed by atoms with Crippen molar-refractivity contribution in [2.45, 2.75) is 43.2 Å². The molecule has 3 nitrogen and oxygen atoms in total. The average molecular weight is 226 g/mol. The lowest BCUT2D eigenvalue weighted by Gasteiger charge is -2.13. The first-order valence-corrected chi connectivity index (χ1v) is 5.95. The van der Waals surface area contributed by atoms with Crippen LogP contribution in [0.15, 0.2) is 23.4 Å². The van der Waals surface area contributed by atoms with E-state index in [2.05, 4.69) is 4.98 Å². The first-order valence-electron chi connectivity index (χ1n) is 5.07. The second-order valence-electron chi connectivity index (χ2n) is 3.78. The van der Waals surface area contributed by atoms with Gasteiger partial charge in [-0.2, -0.15) is 0 Å². The van der Waals surface area contributed by atoms with Gasteiger partial charge in [-0.25, -0.2) is 4.98 Å². The van der Waals surface area contributed by atoms with Crippen molar-refractivity contribution in [3.8, 4) is 0 Å². The smallest absolute Gasteiger partial charge is 0.0963 e. The highest BCUT2D eigenvalue weighted by atomic mass is 32.2. The Morgan fingerprint density at radius 1 is 1.33 bits per heavy atom. The predicted molar refractivity (Wildman–Crippen MR) is 63.8 cm³/mol. The van der Waals surface area contributed by atoms with Crippen LogP contribution in [0.3, 0.4) is 0 Å². The zero-order valence-corrected chi connectivity index (χ0v) is 10.2. The van der Waals surface area contributed by atoms with Crippen molar-refractivity contribution in [2.24, 2.45) is 5.73 Å². The summed E-state index contributed by atoms with van der Waals surface area (Å²) in [5.74, 6) is 0. The molecule has 1 aromatic heterocycles. The molecule has 0 amide bonds. The summed E-state index contributed by atoms with van der Waals surface area (Å²) in [6, 6.07) is 3.95. The van der Waals surface area contributed by atoms with Crippen molar-refractivity contribution in [1.82, 2.24) is 4.98 Å². The lowest BCUT2D eigenvalue weighted by molar-refractivity contribution is 0.196. The Kier molecular flexibility index (Phi) is 4.57. The number of hydrogen-bond acceptors (Lipinski definition) is 4. The lowest BCUT2D eigenvalue weighted by Crippen LogP contribution is -2.15. The molecule has 15 heavy (non-hydrogen) atoms. The highest BCUT2D eigenvalue weighted by Gasteiger charge is 2.11. The molecule has 3 N–H and O–H groups in total. The van der Waals surface area contributed by atoms with Crippen LogP contribution in [0.5, 0.6) is 0 Å². The van der Waals surface area contributed by atoms with Gasteiger partial charge in [0.15, 0.2) is 0 Å². The molecule has 0 aliphatic carbocycles. The molecule has 0 radical (unpaired) electrons. The van der Waals surface area contributed by atoms with Gasteiger partial charge in [0.25, 0.3) is 0 Å². The topological polar surface area (TPSA) is 59.1 Å². The van der Waals surface area contributed by atoms with E-state index in [1.54, 1.807) is 24.9 Å². The van der Waals surface area contributed by atoms with E-state index < -0.39 is 0 Å². The van der Waals surface area contributed by atoms with Crippen LogP contribution in [0.2, 0.25) is 0 Å². The standard InChI is InChI=1S/C11H18N2OS/c1-7(12)10-4-5-11(13-6-10)15-9(3)8(2)14/h4-9,14H,12H2,1-3H3/t7-,8?,9?/m1/s1. The SMILES string of the molecule is CC(O)C(C)Sc1ccc([C@@H](C)N)cn1. The molecule has 0 aliphatic heterocycles. The minimum atomic E-state index is -0.329. The van der Waals surface area contributed by atoms with E-state index in [9.17, 15) is 5.11 Å². The summed E-state index contributed by atoms with van der Waals surface area (Å²) >= 11 is 1.57. The van der Waals surface area contributed by atoms with Gasteiger partial charge >= 0.3 is 0 Å². The normalized spacial score (nSPS) is 17.1. The second kappa shape index (κ2) is 5.49. The molecule has 0 saturated carbocycles. The largest absolute Gasteiger partial charge is 0.392 e. The molecule has 0 aliphatic rings. The predicted octanol–water partition coefficient (Wildman–Crippen LogP) is 1.96. The molecule has 3 atom stereocenters. The second-order valence-corrected chi connectivity index (χ2v) is 5.18. The molecule has 0 saturated heterocycles. The van der Waals surface area contributed by atoms with E-state index in [0.717, 1.165) is 10.6 Å². The van der Waals surface area contributed by atoms with Gasteiger partial charge in [0.2, 0.25) is 0 Å². The van der Waals surface area contributed by atoms with Crippen LogP contribution in [-0.4, -0.2) is 21.4 Å². The zero-order chi connectivity index (χ0) is 11.4. The van der Waals surface area contributed by atoms with Crippen LogP contribution in [0.1, 0.15) is 32.4 Å². The number of thioether (sulfide) groups is 1. The van der Waals surface area contributed by atoms with Gasteiger partial charge in [0, 0.05) is 17.5 Å². The average Bonchev–Trinajstić information content (AvgIpc) is 2.18. The quantitative estimate of drug-likeness (QED) is 0.771. The van der Waals surface area contributed by atoms with E-state index in [4.69, 9.17) is 5.73 Å². The Balaban J connectivity index is 2.64. The molecule has 2 unspecified atom stereocenters. The fourth-order valence-electron chi connectivity index (χ4n) is 1.02. The molecule has 84 valence electrons. The highest BCUT2D eigenvalue weighted by molar-refractivity contribution is 7.99. The van der Waals surface area contributed by atoms with Gasteiger partial charge in [-0.3, -0.25) is 0 Å². The fourth-order valence-corrected chi connectivity index (χ4v) is 1.86. The van der Waals surface area contributed by atoms with Crippen molar-refractivity contribution >= 4 is 11.8 Å². The van der Waals surface area contributed by atoms with Crippen molar-refractivity contribution < 1.29 is 5.11 Å². The summed E-state index contributed by atoms with van der Waals surface area (Å²) in [6.45, 7) is 5.70. The molecule has 4 heteroatoms. The number of pyridine rings is 1. The summed E-state index contributed by atoms with van der Waals surface area (Å²) in [7, 11) is 0. The van der Waals surface area contributed by atoms with Crippen LogP contribution >= 0.6 is 11.8 Å². The Hall–Kier alpha value is -0.580. The third-order valence-corrected chi connectivity index (χ3v) is 3.52. The number of aliphatic hydroxyl groups excluding tert-OH is 1. The Bertz CT molecular complexity index is 298. The molecule has 0 bridgehead atoms. The number of hydrogen-bond donors (Lipinski definition) is 2. The monoisotopic (exact) mass is 226 g/mol. The molecular formula is C11H18N2OS. The van der Waals surface area contributed by atoms with Crippen LogP contribution in [0.25, 0.3) is 0 Å². The maximum absolute atomic E-state index is 9.36. The van der Waals surface area contributed by atoms with E-state index >= 15 is 0 Å². The van der Waals surface area contributed by atoms with Gasteiger partial charge in [0.05, 0.1) is 11.1 Å². The lowest BCUT2D eigenvalue weighted by atomic mass is 10.2. The molecule has 1 heterocycles. The van der Waals surface area contributed by atoms with Crippen LogP contribution in [0, 0.1) is 0 Å². The Morgan fingerprint density at radius 3 is 2.40 bits per heavy atom. The zero-order valence-electron chi connectivity index (χ0n) is 9.34.